The third-order valence-electron chi connectivity index (χ3n) is 2.65. The Morgan fingerprint density at radius 1 is 1.16 bits per heavy atom. The number of hydrogen-bond acceptors (Lipinski definition) is 6. The maximum absolute atomic E-state index is 12.3. The number of methoxy groups -OCH3 is 1. The number of phosphoric ester groups is 1. The van der Waals surface area contributed by atoms with Gasteiger partial charge in [0.05, 0.1) is 25.9 Å². The van der Waals surface area contributed by atoms with Crippen molar-refractivity contribution in [2.45, 2.75) is 39.5 Å². The lowest BCUT2D eigenvalue weighted by Crippen LogP contribution is -2.13. The van der Waals surface area contributed by atoms with Crippen LogP contribution in [0.4, 0.5) is 0 Å². The molecule has 0 aromatic rings. The van der Waals surface area contributed by atoms with Gasteiger partial charge in [0.1, 0.15) is 5.76 Å². The Kier molecular flexibility index (Phi) is 6.55. The summed E-state index contributed by atoms with van der Waals surface area (Å²) in [6.45, 7) is 3.81. The van der Waals surface area contributed by atoms with Gasteiger partial charge in [-0.15, -0.1) is 0 Å². The van der Waals surface area contributed by atoms with Gasteiger partial charge in [0, 0.05) is 6.42 Å². The van der Waals surface area contributed by atoms with Crippen LogP contribution in [0.5, 0.6) is 0 Å². The van der Waals surface area contributed by atoms with E-state index in [1.165, 1.54) is 7.11 Å². The molecule has 0 saturated heterocycles. The Bertz CT molecular complexity index is 380. The molecule has 0 bridgehead atoms. The summed E-state index contributed by atoms with van der Waals surface area (Å²) in [5, 5.41) is 0. The van der Waals surface area contributed by atoms with Crippen LogP contribution in [0, 0.1) is 0 Å². The lowest BCUT2D eigenvalue weighted by molar-refractivity contribution is -0.136. The summed E-state index contributed by atoms with van der Waals surface area (Å²) in [6.07, 6.45) is 2.84. The summed E-state index contributed by atoms with van der Waals surface area (Å²) in [7, 11) is -2.33. The van der Waals surface area contributed by atoms with Gasteiger partial charge in [0.15, 0.2) is 0 Å². The summed E-state index contributed by atoms with van der Waals surface area (Å²) in [4.78, 5) is 11.6. The lowest BCUT2D eigenvalue weighted by Gasteiger charge is -2.23. The van der Waals surface area contributed by atoms with Crippen molar-refractivity contribution < 1.29 is 27.7 Å². The molecule has 0 radical (unpaired) electrons. The molecule has 0 unspecified atom stereocenters. The van der Waals surface area contributed by atoms with Gasteiger partial charge in [-0.2, -0.15) is 0 Å². The molecular weight excluding hydrogens is 271 g/mol. The van der Waals surface area contributed by atoms with E-state index in [0.717, 1.165) is 12.8 Å². The van der Waals surface area contributed by atoms with Gasteiger partial charge in [-0.25, -0.2) is 9.36 Å². The minimum absolute atomic E-state index is 0.206. The molecule has 1 rings (SSSR count). The van der Waals surface area contributed by atoms with Crippen LogP contribution in [0.1, 0.15) is 39.5 Å². The molecule has 19 heavy (non-hydrogen) atoms. The van der Waals surface area contributed by atoms with E-state index in [-0.39, 0.29) is 13.2 Å². The number of rotatable bonds is 7. The fourth-order valence-corrected chi connectivity index (χ4v) is 3.14. The first-order valence-corrected chi connectivity index (χ1v) is 7.91. The summed E-state index contributed by atoms with van der Waals surface area (Å²) in [5.41, 5.74) is 0.424. The molecule has 0 amide bonds. The van der Waals surface area contributed by atoms with Gasteiger partial charge < -0.3 is 9.26 Å². The van der Waals surface area contributed by atoms with Crippen LogP contribution in [0.3, 0.4) is 0 Å². The Morgan fingerprint density at radius 3 is 2.26 bits per heavy atom. The molecule has 7 heteroatoms. The van der Waals surface area contributed by atoms with Crippen LogP contribution in [-0.2, 0) is 27.7 Å². The van der Waals surface area contributed by atoms with Crippen LogP contribution < -0.4 is 0 Å². The van der Waals surface area contributed by atoms with Gasteiger partial charge in [-0.05, 0) is 33.1 Å². The van der Waals surface area contributed by atoms with Crippen LogP contribution in [0.2, 0.25) is 0 Å². The number of carbonyl (C=O) groups excluding carboxylic acids is 1. The number of hydrogen-bond donors (Lipinski definition) is 0. The monoisotopic (exact) mass is 292 g/mol. The Morgan fingerprint density at radius 2 is 1.74 bits per heavy atom. The van der Waals surface area contributed by atoms with Crippen molar-refractivity contribution in [3.8, 4) is 0 Å². The second-order valence-corrected chi connectivity index (χ2v) is 5.57. The van der Waals surface area contributed by atoms with Crippen LogP contribution in [0.25, 0.3) is 0 Å². The fourth-order valence-electron chi connectivity index (χ4n) is 1.86. The second kappa shape index (κ2) is 7.68. The predicted molar refractivity (Wildman–Crippen MR) is 69.5 cm³/mol. The summed E-state index contributed by atoms with van der Waals surface area (Å²) in [6, 6.07) is 0. The van der Waals surface area contributed by atoms with E-state index < -0.39 is 13.8 Å². The lowest BCUT2D eigenvalue weighted by atomic mass is 9.98. The first-order valence-electron chi connectivity index (χ1n) is 6.45. The zero-order valence-electron chi connectivity index (χ0n) is 11.6. The van der Waals surface area contributed by atoms with E-state index in [1.807, 2.05) is 0 Å². The molecule has 0 aromatic heterocycles. The number of ether oxygens (including phenoxy) is 1. The fraction of sp³-hybridized carbons (Fsp3) is 0.750. The van der Waals surface area contributed by atoms with Crippen molar-refractivity contribution in [2.24, 2.45) is 0 Å². The average molecular weight is 292 g/mol. The van der Waals surface area contributed by atoms with Gasteiger partial charge in [0.25, 0.3) is 0 Å². The van der Waals surface area contributed by atoms with E-state index in [1.54, 1.807) is 13.8 Å². The summed E-state index contributed by atoms with van der Waals surface area (Å²) in [5.74, 6) is -0.0856. The quantitative estimate of drug-likeness (QED) is 0.530. The number of phosphoric acid groups is 1. The van der Waals surface area contributed by atoms with Gasteiger partial charge in [-0.1, -0.05) is 0 Å². The molecule has 0 N–H and O–H groups in total. The molecule has 0 heterocycles. The number of carbonyl (C=O) groups is 1. The van der Waals surface area contributed by atoms with E-state index in [2.05, 4.69) is 0 Å². The molecule has 0 fully saturated rings. The molecule has 110 valence electrons. The van der Waals surface area contributed by atoms with Gasteiger partial charge in [-0.3, -0.25) is 9.05 Å². The van der Waals surface area contributed by atoms with Crippen LogP contribution in [-0.4, -0.2) is 26.3 Å². The first kappa shape index (κ1) is 16.2. The van der Waals surface area contributed by atoms with Crippen molar-refractivity contribution in [2.75, 3.05) is 20.3 Å². The maximum atomic E-state index is 12.3. The SMILES string of the molecule is CCOP(=O)(OCC)OC1=C(C(=O)OC)CCCC1. The van der Waals surface area contributed by atoms with Crippen molar-refractivity contribution in [3.63, 3.8) is 0 Å². The summed E-state index contributed by atoms with van der Waals surface area (Å²) < 4.78 is 32.5. The first-order chi connectivity index (χ1) is 9.06. The molecule has 0 aromatic carbocycles. The Labute approximate surface area is 113 Å². The van der Waals surface area contributed by atoms with E-state index in [4.69, 9.17) is 18.3 Å². The van der Waals surface area contributed by atoms with Gasteiger partial charge in [0.2, 0.25) is 0 Å². The van der Waals surface area contributed by atoms with Crippen molar-refractivity contribution >= 4 is 13.8 Å². The molecule has 6 nitrogen and oxygen atoms in total. The predicted octanol–water partition coefficient (Wildman–Crippen LogP) is 3.19. The molecule has 1 aliphatic carbocycles. The zero-order chi connectivity index (χ0) is 14.3. The van der Waals surface area contributed by atoms with Crippen molar-refractivity contribution in [1.82, 2.24) is 0 Å². The van der Waals surface area contributed by atoms with E-state index in [9.17, 15) is 9.36 Å². The molecule has 0 aliphatic heterocycles. The smallest absolute Gasteiger partial charge is 0.466 e. The highest BCUT2D eigenvalue weighted by molar-refractivity contribution is 7.48. The molecule has 0 spiro atoms. The van der Waals surface area contributed by atoms with Crippen LogP contribution in [0.15, 0.2) is 11.3 Å². The summed E-state index contributed by atoms with van der Waals surface area (Å²) >= 11 is 0. The Balaban J connectivity index is 2.93. The minimum Gasteiger partial charge on any atom is -0.466 e. The molecule has 0 atom stereocenters. The third-order valence-corrected chi connectivity index (χ3v) is 4.24. The zero-order valence-corrected chi connectivity index (χ0v) is 12.5. The maximum Gasteiger partial charge on any atom is 0.529 e. The van der Waals surface area contributed by atoms with Crippen molar-refractivity contribution in [1.29, 1.82) is 0 Å². The average Bonchev–Trinajstić information content (AvgIpc) is 2.39. The number of esters is 1. The normalized spacial score (nSPS) is 16.4. The largest absolute Gasteiger partial charge is 0.529 e. The highest BCUT2D eigenvalue weighted by Gasteiger charge is 2.32. The number of allylic oxidation sites excluding steroid dienone is 1. The van der Waals surface area contributed by atoms with Crippen LogP contribution >= 0.6 is 7.82 Å². The topological polar surface area (TPSA) is 71.1 Å². The molecule has 1 aliphatic rings. The van der Waals surface area contributed by atoms with E-state index in [0.29, 0.717) is 24.2 Å². The molecule has 0 saturated carbocycles. The second-order valence-electron chi connectivity index (χ2n) is 3.97. The third kappa shape index (κ3) is 4.64. The highest BCUT2D eigenvalue weighted by atomic mass is 31.2. The van der Waals surface area contributed by atoms with E-state index >= 15 is 0 Å². The standard InChI is InChI=1S/C12H21O6P/c1-4-16-19(14,17-5-2)18-11-9-7-6-8-10(11)12(13)15-3/h4-9H2,1-3H3. The van der Waals surface area contributed by atoms with Crippen molar-refractivity contribution in [3.05, 3.63) is 11.3 Å². The Hall–Kier alpha value is -0.840. The van der Waals surface area contributed by atoms with Gasteiger partial charge >= 0.3 is 13.8 Å². The minimum atomic E-state index is -3.64. The highest BCUT2D eigenvalue weighted by Crippen LogP contribution is 2.52. The molecular formula is C12H21O6P.